The first-order chi connectivity index (χ1) is 8.31. The van der Waals surface area contributed by atoms with Crippen molar-refractivity contribution < 1.29 is 8.91 Å². The first-order valence-corrected chi connectivity index (χ1v) is 5.82. The molecule has 0 atom stereocenters. The molecule has 0 aliphatic rings. The quantitative estimate of drug-likeness (QED) is 0.775. The van der Waals surface area contributed by atoms with Crippen LogP contribution < -0.4 is 5.32 Å². The lowest BCUT2D eigenvalue weighted by Crippen LogP contribution is -1.96. The Balaban J connectivity index is 1.81. The Morgan fingerprint density at radius 3 is 3.12 bits per heavy atom. The van der Waals surface area contributed by atoms with E-state index in [1.54, 1.807) is 18.3 Å². The summed E-state index contributed by atoms with van der Waals surface area (Å²) in [6, 6.07) is 6.33. The maximum absolute atomic E-state index is 13.0. The highest BCUT2D eigenvalue weighted by molar-refractivity contribution is 7.22. The molecular weight excluding hydrogens is 241 g/mol. The summed E-state index contributed by atoms with van der Waals surface area (Å²) < 4.78 is 18.8. The van der Waals surface area contributed by atoms with E-state index in [1.807, 2.05) is 0 Å². The number of thiazole rings is 1. The van der Waals surface area contributed by atoms with Crippen LogP contribution in [0.15, 0.2) is 35.0 Å². The number of hydrogen-bond acceptors (Lipinski definition) is 5. The molecule has 1 aromatic carbocycles. The maximum atomic E-state index is 13.0. The smallest absolute Gasteiger partial charge is 0.184 e. The van der Waals surface area contributed by atoms with Gasteiger partial charge in [-0.1, -0.05) is 16.5 Å². The number of benzene rings is 1. The van der Waals surface area contributed by atoms with Crippen LogP contribution in [-0.2, 0) is 6.54 Å². The minimum absolute atomic E-state index is 0.247. The van der Waals surface area contributed by atoms with E-state index >= 15 is 0 Å². The summed E-state index contributed by atoms with van der Waals surface area (Å²) in [5, 5.41) is 7.45. The van der Waals surface area contributed by atoms with E-state index in [1.165, 1.54) is 23.5 Å². The summed E-state index contributed by atoms with van der Waals surface area (Å²) >= 11 is 1.41. The standard InChI is InChI=1S/C11H8FN3OS/c12-7-1-2-9-10(5-7)17-11(15-9)13-6-8-3-4-14-16-8/h1-5H,6H2,(H,13,15). The van der Waals surface area contributed by atoms with E-state index < -0.39 is 0 Å². The summed E-state index contributed by atoms with van der Waals surface area (Å²) in [5.41, 5.74) is 0.788. The molecule has 0 aliphatic heterocycles. The second-order valence-electron chi connectivity index (χ2n) is 3.46. The van der Waals surface area contributed by atoms with E-state index in [2.05, 4.69) is 15.5 Å². The van der Waals surface area contributed by atoms with E-state index in [0.717, 1.165) is 21.1 Å². The number of rotatable bonds is 3. The van der Waals surface area contributed by atoms with Crippen LogP contribution in [0, 0.1) is 5.82 Å². The zero-order chi connectivity index (χ0) is 11.7. The number of nitrogens with zero attached hydrogens (tertiary/aromatic N) is 2. The van der Waals surface area contributed by atoms with Crippen LogP contribution in [0.4, 0.5) is 9.52 Å². The van der Waals surface area contributed by atoms with E-state index in [9.17, 15) is 4.39 Å². The minimum atomic E-state index is -0.247. The molecule has 0 saturated heterocycles. The Hall–Kier alpha value is -1.95. The fraction of sp³-hybridized carbons (Fsp3) is 0.0909. The van der Waals surface area contributed by atoms with Crippen LogP contribution in [-0.4, -0.2) is 10.1 Å². The van der Waals surface area contributed by atoms with Crippen LogP contribution in [0.3, 0.4) is 0 Å². The molecule has 0 aliphatic carbocycles. The Morgan fingerprint density at radius 2 is 2.29 bits per heavy atom. The van der Waals surface area contributed by atoms with Gasteiger partial charge in [0.15, 0.2) is 10.9 Å². The molecule has 0 spiro atoms. The van der Waals surface area contributed by atoms with Gasteiger partial charge in [0.2, 0.25) is 0 Å². The van der Waals surface area contributed by atoms with Crippen molar-refractivity contribution in [2.75, 3.05) is 5.32 Å². The van der Waals surface area contributed by atoms with Gasteiger partial charge in [0.25, 0.3) is 0 Å². The van der Waals surface area contributed by atoms with Gasteiger partial charge in [-0.3, -0.25) is 0 Å². The van der Waals surface area contributed by atoms with Gasteiger partial charge in [0.05, 0.1) is 23.0 Å². The first-order valence-electron chi connectivity index (χ1n) is 5.01. The van der Waals surface area contributed by atoms with Crippen molar-refractivity contribution in [2.45, 2.75) is 6.54 Å². The molecule has 0 unspecified atom stereocenters. The minimum Gasteiger partial charge on any atom is -0.360 e. The average molecular weight is 249 g/mol. The normalized spacial score (nSPS) is 10.9. The molecule has 3 rings (SSSR count). The lowest BCUT2D eigenvalue weighted by molar-refractivity contribution is 0.388. The van der Waals surface area contributed by atoms with Gasteiger partial charge in [-0.05, 0) is 18.2 Å². The molecule has 0 saturated carbocycles. The monoisotopic (exact) mass is 249 g/mol. The zero-order valence-corrected chi connectivity index (χ0v) is 9.50. The Kier molecular flexibility index (Phi) is 2.49. The lowest BCUT2D eigenvalue weighted by atomic mass is 10.3. The van der Waals surface area contributed by atoms with E-state index in [-0.39, 0.29) is 5.82 Å². The van der Waals surface area contributed by atoms with Gasteiger partial charge < -0.3 is 9.84 Å². The Labute approximate surface area is 100 Å². The molecule has 0 bridgehead atoms. The van der Waals surface area contributed by atoms with Crippen molar-refractivity contribution in [3.8, 4) is 0 Å². The topological polar surface area (TPSA) is 51.0 Å². The van der Waals surface area contributed by atoms with Crippen molar-refractivity contribution >= 4 is 26.7 Å². The van der Waals surface area contributed by atoms with Gasteiger partial charge in [0, 0.05) is 6.07 Å². The van der Waals surface area contributed by atoms with Crippen LogP contribution in [0.2, 0.25) is 0 Å². The molecule has 4 nitrogen and oxygen atoms in total. The van der Waals surface area contributed by atoms with Crippen LogP contribution in [0.5, 0.6) is 0 Å². The molecule has 1 N–H and O–H groups in total. The van der Waals surface area contributed by atoms with Crippen molar-refractivity contribution in [1.82, 2.24) is 10.1 Å². The molecular formula is C11H8FN3OS. The first kappa shape index (κ1) is 10.2. The molecule has 6 heteroatoms. The number of aromatic nitrogens is 2. The second kappa shape index (κ2) is 4.14. The highest BCUT2D eigenvalue weighted by atomic mass is 32.1. The van der Waals surface area contributed by atoms with Gasteiger partial charge in [-0.25, -0.2) is 9.37 Å². The maximum Gasteiger partial charge on any atom is 0.184 e. The number of fused-ring (bicyclic) bond motifs is 1. The number of nitrogens with one attached hydrogen (secondary N) is 1. The molecule has 0 radical (unpaired) electrons. The fourth-order valence-electron chi connectivity index (χ4n) is 1.47. The van der Waals surface area contributed by atoms with E-state index in [0.29, 0.717) is 6.54 Å². The third-order valence-corrected chi connectivity index (χ3v) is 3.23. The van der Waals surface area contributed by atoms with Crippen LogP contribution in [0.25, 0.3) is 10.2 Å². The largest absolute Gasteiger partial charge is 0.360 e. The molecule has 17 heavy (non-hydrogen) atoms. The third-order valence-electron chi connectivity index (χ3n) is 2.26. The summed E-state index contributed by atoms with van der Waals surface area (Å²) in [6.07, 6.45) is 1.59. The van der Waals surface area contributed by atoms with Crippen molar-refractivity contribution in [1.29, 1.82) is 0 Å². The van der Waals surface area contributed by atoms with Crippen molar-refractivity contribution in [2.24, 2.45) is 0 Å². The SMILES string of the molecule is Fc1ccc2nc(NCc3ccno3)sc2c1. The Bertz CT molecular complexity index is 635. The van der Waals surface area contributed by atoms with E-state index in [4.69, 9.17) is 4.52 Å². The third kappa shape index (κ3) is 2.12. The lowest BCUT2D eigenvalue weighted by Gasteiger charge is -1.96. The summed E-state index contributed by atoms with van der Waals surface area (Å²) in [6.45, 7) is 0.516. The van der Waals surface area contributed by atoms with Crippen molar-refractivity contribution in [3.05, 3.63) is 42.0 Å². The van der Waals surface area contributed by atoms with Crippen LogP contribution >= 0.6 is 11.3 Å². The summed E-state index contributed by atoms with van der Waals surface area (Å²) in [5.74, 6) is 0.485. The molecule has 2 aromatic heterocycles. The molecule has 0 amide bonds. The highest BCUT2D eigenvalue weighted by Crippen LogP contribution is 2.26. The Morgan fingerprint density at radius 1 is 1.35 bits per heavy atom. The molecule has 86 valence electrons. The van der Waals surface area contributed by atoms with Gasteiger partial charge in [-0.2, -0.15) is 0 Å². The second-order valence-corrected chi connectivity index (χ2v) is 4.49. The van der Waals surface area contributed by atoms with Gasteiger partial charge in [-0.15, -0.1) is 0 Å². The number of halogens is 1. The fourth-order valence-corrected chi connectivity index (χ4v) is 2.36. The predicted molar refractivity (Wildman–Crippen MR) is 63.4 cm³/mol. The predicted octanol–water partition coefficient (Wildman–Crippen LogP) is 3.04. The van der Waals surface area contributed by atoms with Gasteiger partial charge >= 0.3 is 0 Å². The van der Waals surface area contributed by atoms with Crippen LogP contribution in [0.1, 0.15) is 5.76 Å². The molecule has 0 fully saturated rings. The summed E-state index contributed by atoms with van der Waals surface area (Å²) in [4.78, 5) is 4.33. The number of hydrogen-bond donors (Lipinski definition) is 1. The average Bonchev–Trinajstić information content (AvgIpc) is 2.94. The molecule has 3 aromatic rings. The zero-order valence-electron chi connectivity index (χ0n) is 8.68. The molecule has 2 heterocycles. The van der Waals surface area contributed by atoms with Crippen molar-refractivity contribution in [3.63, 3.8) is 0 Å². The highest BCUT2D eigenvalue weighted by Gasteiger charge is 2.05. The van der Waals surface area contributed by atoms with Gasteiger partial charge in [0.1, 0.15) is 5.82 Å². The summed E-state index contributed by atoms with van der Waals surface area (Å²) in [7, 11) is 0. The number of anilines is 1.